The molecule has 25 heavy (non-hydrogen) atoms. The third-order valence-corrected chi connectivity index (χ3v) is 3.97. The van der Waals surface area contributed by atoms with Crippen molar-refractivity contribution >= 4 is 34.9 Å². The number of methoxy groups -OCH3 is 1. The molecule has 0 unspecified atom stereocenters. The molecule has 0 bridgehead atoms. The van der Waals surface area contributed by atoms with Crippen LogP contribution in [0.2, 0.25) is 0 Å². The highest BCUT2D eigenvalue weighted by Gasteiger charge is 2.32. The van der Waals surface area contributed by atoms with E-state index in [4.69, 9.17) is 16.3 Å². The van der Waals surface area contributed by atoms with Gasteiger partial charge in [-0.25, -0.2) is 13.6 Å². The molecule has 1 aromatic carbocycles. The Bertz CT molecular complexity index is 660. The minimum Gasteiger partial charge on any atom is -0.465 e. The van der Waals surface area contributed by atoms with Gasteiger partial charge in [0.05, 0.1) is 30.2 Å². The van der Waals surface area contributed by atoms with Crippen LogP contribution in [0, 0.1) is 0 Å². The standard InChI is InChI=1S/C16H19ClF2N2O4/c1-16(18,19)11-5-9(15(23)24-2)6-12(14(11)21-13(22)7-17)20-8-10-3-4-25-10/h5-6,10,20H,3-4,7-8H2,1-2H3,(H,21,22)/t10-/m0/s1. The van der Waals surface area contributed by atoms with Crippen molar-refractivity contribution in [2.45, 2.75) is 25.4 Å². The summed E-state index contributed by atoms with van der Waals surface area (Å²) in [5.41, 5.74) is -0.510. The Balaban J connectivity index is 2.48. The maximum absolute atomic E-state index is 14.1. The predicted molar refractivity (Wildman–Crippen MR) is 89.5 cm³/mol. The summed E-state index contributed by atoms with van der Waals surface area (Å²) in [6, 6.07) is 2.35. The minimum atomic E-state index is -3.30. The molecular weight excluding hydrogens is 358 g/mol. The lowest BCUT2D eigenvalue weighted by Crippen LogP contribution is -2.34. The number of nitrogens with one attached hydrogen (secondary N) is 2. The SMILES string of the molecule is COC(=O)c1cc(NC[C@@H]2CCO2)c(NC(=O)CCl)c(C(C)(F)F)c1. The van der Waals surface area contributed by atoms with Crippen LogP contribution in [-0.2, 0) is 20.2 Å². The fourth-order valence-electron chi connectivity index (χ4n) is 2.34. The largest absolute Gasteiger partial charge is 0.465 e. The normalized spacial score (nSPS) is 16.8. The number of ether oxygens (including phenoxy) is 2. The van der Waals surface area contributed by atoms with Crippen molar-refractivity contribution in [2.24, 2.45) is 0 Å². The fraction of sp³-hybridized carbons (Fsp3) is 0.500. The third kappa shape index (κ3) is 4.79. The van der Waals surface area contributed by atoms with E-state index in [0.29, 0.717) is 20.1 Å². The first-order valence-corrected chi connectivity index (χ1v) is 8.15. The van der Waals surface area contributed by atoms with Crippen LogP contribution in [0.4, 0.5) is 20.2 Å². The molecule has 1 saturated heterocycles. The van der Waals surface area contributed by atoms with E-state index in [2.05, 4.69) is 15.4 Å². The number of amides is 1. The van der Waals surface area contributed by atoms with Crippen molar-refractivity contribution < 1.29 is 27.8 Å². The Morgan fingerprint density at radius 1 is 1.44 bits per heavy atom. The van der Waals surface area contributed by atoms with Crippen molar-refractivity contribution in [1.82, 2.24) is 0 Å². The molecule has 1 aliphatic heterocycles. The monoisotopic (exact) mass is 376 g/mol. The first-order chi connectivity index (χ1) is 11.8. The van der Waals surface area contributed by atoms with Crippen molar-refractivity contribution in [1.29, 1.82) is 0 Å². The summed E-state index contributed by atoms with van der Waals surface area (Å²) >= 11 is 5.47. The number of hydrogen-bond donors (Lipinski definition) is 2. The highest BCUT2D eigenvalue weighted by atomic mass is 35.5. The van der Waals surface area contributed by atoms with E-state index in [1.54, 1.807) is 0 Å². The Hall–Kier alpha value is -1.93. The number of hydrogen-bond acceptors (Lipinski definition) is 5. The second-order valence-corrected chi connectivity index (χ2v) is 5.94. The van der Waals surface area contributed by atoms with Crippen LogP contribution in [0.25, 0.3) is 0 Å². The third-order valence-electron chi connectivity index (χ3n) is 3.73. The number of esters is 1. The van der Waals surface area contributed by atoms with Gasteiger partial charge in [-0.2, -0.15) is 0 Å². The van der Waals surface area contributed by atoms with Gasteiger partial charge in [0.15, 0.2) is 0 Å². The summed E-state index contributed by atoms with van der Waals surface area (Å²) in [5, 5.41) is 5.33. The Kier molecular flexibility index (Phi) is 6.18. The van der Waals surface area contributed by atoms with Crippen LogP contribution in [0.15, 0.2) is 12.1 Å². The summed E-state index contributed by atoms with van der Waals surface area (Å²) in [6.45, 7) is 1.67. The molecule has 1 atom stereocenters. The van der Waals surface area contributed by atoms with Crippen LogP contribution in [0.3, 0.4) is 0 Å². The van der Waals surface area contributed by atoms with Crippen LogP contribution in [0.5, 0.6) is 0 Å². The topological polar surface area (TPSA) is 76.7 Å². The van der Waals surface area contributed by atoms with E-state index in [1.165, 1.54) is 6.07 Å². The highest BCUT2D eigenvalue weighted by molar-refractivity contribution is 6.29. The Labute approximate surface area is 148 Å². The maximum atomic E-state index is 14.1. The molecule has 1 fully saturated rings. The van der Waals surface area contributed by atoms with Crippen molar-refractivity contribution in [3.05, 3.63) is 23.3 Å². The van der Waals surface area contributed by atoms with Crippen LogP contribution < -0.4 is 10.6 Å². The zero-order valence-corrected chi connectivity index (χ0v) is 14.6. The fourth-order valence-corrected chi connectivity index (χ4v) is 2.41. The first kappa shape index (κ1) is 19.4. The maximum Gasteiger partial charge on any atom is 0.337 e. The number of rotatable bonds is 7. The number of carbonyl (C=O) groups is 2. The molecular formula is C16H19ClF2N2O4. The van der Waals surface area contributed by atoms with Gasteiger partial charge in [0.2, 0.25) is 5.91 Å². The van der Waals surface area contributed by atoms with Gasteiger partial charge in [0.25, 0.3) is 5.92 Å². The number of carbonyl (C=O) groups excluding carboxylic acids is 2. The summed E-state index contributed by atoms with van der Waals surface area (Å²) < 4.78 is 38.1. The van der Waals surface area contributed by atoms with Gasteiger partial charge in [0.1, 0.15) is 5.88 Å². The van der Waals surface area contributed by atoms with E-state index in [1.807, 2.05) is 0 Å². The zero-order chi connectivity index (χ0) is 18.6. The molecule has 6 nitrogen and oxygen atoms in total. The lowest BCUT2D eigenvalue weighted by atomic mass is 10.0. The molecule has 138 valence electrons. The number of anilines is 2. The van der Waals surface area contributed by atoms with E-state index in [0.717, 1.165) is 19.6 Å². The van der Waals surface area contributed by atoms with E-state index >= 15 is 0 Å². The first-order valence-electron chi connectivity index (χ1n) is 7.62. The van der Waals surface area contributed by atoms with E-state index in [-0.39, 0.29) is 23.0 Å². The van der Waals surface area contributed by atoms with Gasteiger partial charge in [-0.05, 0) is 18.6 Å². The zero-order valence-electron chi connectivity index (χ0n) is 13.8. The van der Waals surface area contributed by atoms with Crippen LogP contribution >= 0.6 is 11.6 Å². The van der Waals surface area contributed by atoms with Gasteiger partial charge >= 0.3 is 5.97 Å². The Morgan fingerprint density at radius 3 is 2.60 bits per heavy atom. The second kappa shape index (κ2) is 7.97. The molecule has 1 aromatic rings. The van der Waals surface area contributed by atoms with Gasteiger partial charge in [0, 0.05) is 25.6 Å². The highest BCUT2D eigenvalue weighted by Crippen LogP contribution is 2.39. The summed E-state index contributed by atoms with van der Waals surface area (Å²) in [6.07, 6.45) is 0.785. The van der Waals surface area contributed by atoms with Crippen molar-refractivity contribution in [3.8, 4) is 0 Å². The summed E-state index contributed by atoms with van der Waals surface area (Å²) in [5.74, 6) is -5.09. The molecule has 1 aliphatic rings. The average Bonchev–Trinajstić information content (AvgIpc) is 2.52. The predicted octanol–water partition coefficient (Wildman–Crippen LogP) is 2.96. The van der Waals surface area contributed by atoms with Crippen LogP contribution in [-0.4, -0.2) is 44.1 Å². The second-order valence-electron chi connectivity index (χ2n) is 5.67. The molecule has 2 rings (SSSR count). The molecule has 0 aromatic heterocycles. The number of alkyl halides is 3. The van der Waals surface area contributed by atoms with Crippen LogP contribution in [0.1, 0.15) is 29.3 Å². The molecule has 0 radical (unpaired) electrons. The summed E-state index contributed by atoms with van der Waals surface area (Å²) in [7, 11) is 1.16. The minimum absolute atomic E-state index is 0.0519. The molecule has 0 spiro atoms. The molecule has 0 aliphatic carbocycles. The average molecular weight is 377 g/mol. The van der Waals surface area contributed by atoms with E-state index < -0.39 is 29.2 Å². The van der Waals surface area contributed by atoms with E-state index in [9.17, 15) is 18.4 Å². The molecule has 1 amide bonds. The molecule has 9 heteroatoms. The number of benzene rings is 1. The van der Waals surface area contributed by atoms with Crippen molar-refractivity contribution in [2.75, 3.05) is 36.8 Å². The van der Waals surface area contributed by atoms with Gasteiger partial charge < -0.3 is 20.1 Å². The van der Waals surface area contributed by atoms with Gasteiger partial charge in [-0.3, -0.25) is 4.79 Å². The summed E-state index contributed by atoms with van der Waals surface area (Å²) in [4.78, 5) is 23.5. The quantitative estimate of drug-likeness (QED) is 0.565. The lowest BCUT2D eigenvalue weighted by Gasteiger charge is -2.28. The van der Waals surface area contributed by atoms with Gasteiger partial charge in [-0.1, -0.05) is 0 Å². The van der Waals surface area contributed by atoms with Gasteiger partial charge in [-0.15, -0.1) is 11.6 Å². The Morgan fingerprint density at radius 2 is 2.12 bits per heavy atom. The number of halogens is 3. The molecule has 2 N–H and O–H groups in total. The smallest absolute Gasteiger partial charge is 0.337 e. The molecule has 0 saturated carbocycles. The van der Waals surface area contributed by atoms with Crippen molar-refractivity contribution in [3.63, 3.8) is 0 Å². The lowest BCUT2D eigenvalue weighted by molar-refractivity contribution is -0.113. The molecule has 1 heterocycles.